The first-order valence-electron chi connectivity index (χ1n) is 10.9. The fourth-order valence-corrected chi connectivity index (χ4v) is 5.57. The van der Waals surface area contributed by atoms with Gasteiger partial charge in [-0.1, -0.05) is 26.0 Å². The number of hydrogen-bond acceptors (Lipinski definition) is 6. The zero-order valence-electron chi connectivity index (χ0n) is 19.7. The highest BCUT2D eigenvalue weighted by atomic mass is 32.2. The van der Waals surface area contributed by atoms with E-state index in [4.69, 9.17) is 14.2 Å². The van der Waals surface area contributed by atoms with Crippen LogP contribution in [0.25, 0.3) is 0 Å². The third-order valence-electron chi connectivity index (χ3n) is 5.84. The highest BCUT2D eigenvalue weighted by Gasteiger charge is 2.44. The Morgan fingerprint density at radius 3 is 2.30 bits per heavy atom. The Bertz CT molecular complexity index is 1070. The summed E-state index contributed by atoms with van der Waals surface area (Å²) in [6.45, 7) is 4.76. The van der Waals surface area contributed by atoms with Gasteiger partial charge in [0.2, 0.25) is 15.9 Å². The van der Waals surface area contributed by atoms with Crippen molar-refractivity contribution in [2.75, 3.05) is 41.0 Å². The summed E-state index contributed by atoms with van der Waals surface area (Å²) in [5.41, 5.74) is 0.744. The summed E-state index contributed by atoms with van der Waals surface area (Å²) in [6.07, 6.45) is 0. The van der Waals surface area contributed by atoms with Crippen molar-refractivity contribution >= 4 is 15.9 Å². The van der Waals surface area contributed by atoms with Crippen LogP contribution < -0.4 is 19.5 Å². The second kappa shape index (κ2) is 10.4. The number of methoxy groups -OCH3 is 3. The third kappa shape index (κ3) is 5.25. The number of nitrogens with one attached hydrogen (secondary N) is 1. The zero-order valence-corrected chi connectivity index (χ0v) is 20.5. The molecule has 1 aliphatic heterocycles. The summed E-state index contributed by atoms with van der Waals surface area (Å²) < 4.78 is 44.4. The molecule has 9 heteroatoms. The van der Waals surface area contributed by atoms with Crippen molar-refractivity contribution in [3.05, 3.63) is 48.0 Å². The predicted molar refractivity (Wildman–Crippen MR) is 125 cm³/mol. The topological polar surface area (TPSA) is 94.2 Å². The van der Waals surface area contributed by atoms with E-state index in [1.54, 1.807) is 25.3 Å². The van der Waals surface area contributed by atoms with Gasteiger partial charge < -0.3 is 19.5 Å². The van der Waals surface area contributed by atoms with Gasteiger partial charge in [-0.25, -0.2) is 8.42 Å². The van der Waals surface area contributed by atoms with Gasteiger partial charge in [0.05, 0.1) is 32.1 Å². The van der Waals surface area contributed by atoms with Crippen LogP contribution in [0.2, 0.25) is 0 Å². The van der Waals surface area contributed by atoms with Gasteiger partial charge in [-0.3, -0.25) is 4.79 Å². The minimum Gasteiger partial charge on any atom is -0.497 e. The van der Waals surface area contributed by atoms with Crippen LogP contribution in [-0.4, -0.2) is 59.6 Å². The van der Waals surface area contributed by atoms with E-state index in [1.807, 2.05) is 26.0 Å². The number of ether oxygens (including phenoxy) is 3. The molecular formula is C24H32N2O6S. The molecule has 2 atom stereocenters. The van der Waals surface area contributed by atoms with Crippen molar-refractivity contribution in [1.29, 1.82) is 0 Å². The molecule has 0 aromatic heterocycles. The van der Waals surface area contributed by atoms with Crippen LogP contribution in [0, 0.1) is 11.8 Å². The Kier molecular flexibility index (Phi) is 7.86. The average molecular weight is 477 g/mol. The summed E-state index contributed by atoms with van der Waals surface area (Å²) in [4.78, 5) is 13.3. The van der Waals surface area contributed by atoms with Gasteiger partial charge in [0.1, 0.15) is 5.75 Å². The molecule has 1 heterocycles. The lowest BCUT2D eigenvalue weighted by Crippen LogP contribution is -2.37. The van der Waals surface area contributed by atoms with E-state index in [2.05, 4.69) is 5.32 Å². The second-order valence-corrected chi connectivity index (χ2v) is 10.4. The van der Waals surface area contributed by atoms with Crippen LogP contribution in [0.4, 0.5) is 0 Å². The minimum atomic E-state index is -3.81. The molecule has 2 aromatic rings. The molecule has 0 saturated carbocycles. The normalized spacial score (nSPS) is 18.8. The van der Waals surface area contributed by atoms with E-state index in [1.165, 1.54) is 30.7 Å². The van der Waals surface area contributed by atoms with E-state index >= 15 is 0 Å². The van der Waals surface area contributed by atoms with Gasteiger partial charge in [-0.05, 0) is 36.2 Å². The lowest BCUT2D eigenvalue weighted by Gasteiger charge is -2.22. The number of carbonyl (C=O) groups excluding carboxylic acids is 1. The summed E-state index contributed by atoms with van der Waals surface area (Å²) in [6, 6.07) is 11.7. The van der Waals surface area contributed by atoms with Crippen LogP contribution in [0.5, 0.6) is 17.2 Å². The smallest absolute Gasteiger partial charge is 0.243 e. The van der Waals surface area contributed by atoms with E-state index < -0.39 is 21.9 Å². The first-order chi connectivity index (χ1) is 15.7. The highest BCUT2D eigenvalue weighted by molar-refractivity contribution is 7.89. The lowest BCUT2D eigenvalue weighted by atomic mass is 9.87. The summed E-state index contributed by atoms with van der Waals surface area (Å²) in [5, 5.41) is 2.97. The Morgan fingerprint density at radius 2 is 1.73 bits per heavy atom. The Balaban J connectivity index is 1.99. The van der Waals surface area contributed by atoms with Gasteiger partial charge in [-0.2, -0.15) is 4.31 Å². The fourth-order valence-electron chi connectivity index (χ4n) is 4.08. The first kappa shape index (κ1) is 24.9. The SMILES string of the molecule is COc1ccc(S(=O)(=O)N2CC(C(=O)NCC(C)C)C(c3cccc(OC)c3OC)C2)cc1. The molecule has 2 unspecified atom stereocenters. The lowest BCUT2D eigenvalue weighted by molar-refractivity contribution is -0.125. The second-order valence-electron chi connectivity index (χ2n) is 8.43. The predicted octanol–water partition coefficient (Wildman–Crippen LogP) is 2.89. The maximum absolute atomic E-state index is 13.4. The van der Waals surface area contributed by atoms with Crippen LogP contribution >= 0.6 is 0 Å². The van der Waals surface area contributed by atoms with Crippen molar-refractivity contribution in [3.63, 3.8) is 0 Å². The van der Waals surface area contributed by atoms with Crippen LogP contribution in [0.3, 0.4) is 0 Å². The fraction of sp³-hybridized carbons (Fsp3) is 0.458. The molecular weight excluding hydrogens is 444 g/mol. The standard InChI is InChI=1S/C24H32N2O6S/c1-16(2)13-25-24(27)21-15-26(33(28,29)18-11-9-17(30-3)10-12-18)14-20(21)19-7-6-8-22(31-4)23(19)32-5/h6-12,16,20-21H,13-15H2,1-5H3,(H,25,27). The number of rotatable bonds is 9. The molecule has 33 heavy (non-hydrogen) atoms. The average Bonchev–Trinajstić information content (AvgIpc) is 3.28. The number of sulfonamides is 1. The van der Waals surface area contributed by atoms with E-state index in [9.17, 15) is 13.2 Å². The molecule has 1 fully saturated rings. The van der Waals surface area contributed by atoms with E-state index in [0.29, 0.717) is 23.8 Å². The molecule has 1 amide bonds. The maximum Gasteiger partial charge on any atom is 0.243 e. The molecule has 8 nitrogen and oxygen atoms in total. The molecule has 0 spiro atoms. The van der Waals surface area contributed by atoms with Crippen molar-refractivity contribution in [2.24, 2.45) is 11.8 Å². The molecule has 0 aliphatic carbocycles. The molecule has 2 aromatic carbocycles. The number of carbonyl (C=O) groups is 1. The third-order valence-corrected chi connectivity index (χ3v) is 7.68. The zero-order chi connectivity index (χ0) is 24.2. The van der Waals surface area contributed by atoms with Gasteiger partial charge in [0.15, 0.2) is 11.5 Å². The van der Waals surface area contributed by atoms with Gasteiger partial charge in [0, 0.05) is 31.1 Å². The van der Waals surface area contributed by atoms with Crippen molar-refractivity contribution in [2.45, 2.75) is 24.7 Å². The van der Waals surface area contributed by atoms with Crippen molar-refractivity contribution in [3.8, 4) is 17.2 Å². The molecule has 3 rings (SSSR count). The molecule has 1 N–H and O–H groups in total. The number of para-hydroxylation sites is 1. The summed E-state index contributed by atoms with van der Waals surface area (Å²) >= 11 is 0. The van der Waals surface area contributed by atoms with Crippen LogP contribution in [0.15, 0.2) is 47.4 Å². The molecule has 180 valence electrons. The number of hydrogen-bond donors (Lipinski definition) is 1. The molecule has 0 bridgehead atoms. The van der Waals surface area contributed by atoms with Crippen LogP contribution in [0.1, 0.15) is 25.3 Å². The summed E-state index contributed by atoms with van der Waals surface area (Å²) in [5.74, 6) is 0.752. The van der Waals surface area contributed by atoms with E-state index in [0.717, 1.165) is 5.56 Å². The van der Waals surface area contributed by atoms with Gasteiger partial charge >= 0.3 is 0 Å². The van der Waals surface area contributed by atoms with Gasteiger partial charge in [0.25, 0.3) is 0 Å². The molecule has 0 radical (unpaired) electrons. The van der Waals surface area contributed by atoms with Crippen molar-refractivity contribution in [1.82, 2.24) is 9.62 Å². The van der Waals surface area contributed by atoms with Gasteiger partial charge in [-0.15, -0.1) is 0 Å². The summed E-state index contributed by atoms with van der Waals surface area (Å²) in [7, 11) is 0.795. The largest absolute Gasteiger partial charge is 0.497 e. The Hall–Kier alpha value is -2.78. The Morgan fingerprint density at radius 1 is 1.03 bits per heavy atom. The Labute approximate surface area is 195 Å². The monoisotopic (exact) mass is 476 g/mol. The number of nitrogens with zero attached hydrogens (tertiary/aromatic N) is 1. The maximum atomic E-state index is 13.4. The molecule has 1 aliphatic rings. The number of benzene rings is 2. The first-order valence-corrected chi connectivity index (χ1v) is 12.3. The minimum absolute atomic E-state index is 0.0727. The quantitative estimate of drug-likeness (QED) is 0.598. The van der Waals surface area contributed by atoms with Crippen molar-refractivity contribution < 1.29 is 27.4 Å². The van der Waals surface area contributed by atoms with Crippen LogP contribution in [-0.2, 0) is 14.8 Å². The molecule has 1 saturated heterocycles. The highest BCUT2D eigenvalue weighted by Crippen LogP contribution is 2.43. The van der Waals surface area contributed by atoms with E-state index in [-0.39, 0.29) is 29.8 Å². The number of amides is 1.